The maximum atomic E-state index is 13.5. The van der Waals surface area contributed by atoms with E-state index < -0.39 is 0 Å². The normalized spacial score (nSPS) is 17.1. The minimum absolute atomic E-state index is 0.294. The molecule has 0 saturated carbocycles. The lowest BCUT2D eigenvalue weighted by Crippen LogP contribution is -2.39. The first-order valence-corrected chi connectivity index (χ1v) is 6.06. The molecule has 17 heavy (non-hydrogen) atoms. The van der Waals surface area contributed by atoms with Crippen molar-refractivity contribution in [2.24, 2.45) is 0 Å². The third kappa shape index (κ3) is 3.41. The fourth-order valence-corrected chi connectivity index (χ4v) is 2.11. The molecule has 0 radical (unpaired) electrons. The van der Waals surface area contributed by atoms with Gasteiger partial charge in [-0.1, -0.05) is 6.07 Å². The van der Waals surface area contributed by atoms with Crippen molar-refractivity contribution in [3.8, 4) is 5.75 Å². The first kappa shape index (κ1) is 12.3. The second-order valence-corrected chi connectivity index (χ2v) is 4.37. The van der Waals surface area contributed by atoms with Crippen molar-refractivity contribution >= 4 is 0 Å². The van der Waals surface area contributed by atoms with Crippen LogP contribution < -0.4 is 15.4 Å². The van der Waals surface area contributed by atoms with Gasteiger partial charge in [0.2, 0.25) is 0 Å². The maximum absolute atomic E-state index is 13.5. The molecule has 0 amide bonds. The Balaban J connectivity index is 1.87. The average Bonchev–Trinajstić information content (AvgIpc) is 2.38. The van der Waals surface area contributed by atoms with Crippen molar-refractivity contribution < 1.29 is 9.13 Å². The Labute approximate surface area is 101 Å². The highest BCUT2D eigenvalue weighted by Crippen LogP contribution is 2.17. The Kier molecular flexibility index (Phi) is 4.34. The molecule has 1 fully saturated rings. The summed E-state index contributed by atoms with van der Waals surface area (Å²) < 4.78 is 18.3. The molecule has 2 rings (SSSR count). The van der Waals surface area contributed by atoms with E-state index in [0.29, 0.717) is 18.3 Å². The predicted molar refractivity (Wildman–Crippen MR) is 65.7 cm³/mol. The minimum Gasteiger partial charge on any atom is -0.494 e. The quantitative estimate of drug-likeness (QED) is 0.837. The van der Waals surface area contributed by atoms with E-state index in [2.05, 4.69) is 10.6 Å². The van der Waals surface area contributed by atoms with E-state index in [1.165, 1.54) is 13.2 Å². The Morgan fingerprint density at radius 1 is 1.41 bits per heavy atom. The molecule has 1 aromatic rings. The van der Waals surface area contributed by atoms with Gasteiger partial charge in [-0.15, -0.1) is 0 Å². The minimum atomic E-state index is -0.294. The standard InChI is InChI=1S/C13H19FN2O/c1-17-13-3-2-10(8-12(13)14)9-16-11-4-6-15-7-5-11/h2-3,8,11,15-16H,4-7,9H2,1H3. The van der Waals surface area contributed by atoms with Crippen molar-refractivity contribution in [1.82, 2.24) is 10.6 Å². The van der Waals surface area contributed by atoms with Gasteiger partial charge in [0.1, 0.15) is 0 Å². The predicted octanol–water partition coefficient (Wildman–Crippen LogP) is 1.68. The summed E-state index contributed by atoms with van der Waals surface area (Å²) in [5.41, 5.74) is 0.960. The first-order chi connectivity index (χ1) is 8.29. The van der Waals surface area contributed by atoms with Gasteiger partial charge < -0.3 is 15.4 Å². The Hall–Kier alpha value is -1.13. The Bertz CT molecular complexity index is 364. The van der Waals surface area contributed by atoms with Crippen LogP contribution in [0.1, 0.15) is 18.4 Å². The third-order valence-corrected chi connectivity index (χ3v) is 3.15. The molecule has 1 heterocycles. The van der Waals surface area contributed by atoms with Crippen LogP contribution in [-0.4, -0.2) is 26.2 Å². The number of hydrogen-bond donors (Lipinski definition) is 2. The zero-order chi connectivity index (χ0) is 12.1. The molecule has 0 bridgehead atoms. The number of halogens is 1. The molecule has 1 aromatic carbocycles. The van der Waals surface area contributed by atoms with Crippen molar-refractivity contribution in [3.05, 3.63) is 29.6 Å². The molecule has 0 unspecified atom stereocenters. The van der Waals surface area contributed by atoms with Crippen molar-refractivity contribution in [1.29, 1.82) is 0 Å². The average molecular weight is 238 g/mol. The summed E-state index contributed by atoms with van der Waals surface area (Å²) in [7, 11) is 1.48. The fourth-order valence-electron chi connectivity index (χ4n) is 2.11. The van der Waals surface area contributed by atoms with Gasteiger partial charge in [0, 0.05) is 12.6 Å². The summed E-state index contributed by atoms with van der Waals surface area (Å²) in [6.45, 7) is 2.84. The molecule has 0 atom stereocenters. The molecule has 0 spiro atoms. The van der Waals surface area contributed by atoms with Crippen molar-refractivity contribution in [2.75, 3.05) is 20.2 Å². The van der Waals surface area contributed by atoms with E-state index in [1.807, 2.05) is 6.07 Å². The molecule has 3 nitrogen and oxygen atoms in total. The smallest absolute Gasteiger partial charge is 0.165 e. The number of benzene rings is 1. The Morgan fingerprint density at radius 2 is 2.18 bits per heavy atom. The van der Waals surface area contributed by atoms with Gasteiger partial charge in [-0.3, -0.25) is 0 Å². The second kappa shape index (κ2) is 5.98. The Morgan fingerprint density at radius 3 is 2.82 bits per heavy atom. The highest BCUT2D eigenvalue weighted by Gasteiger charge is 2.12. The van der Waals surface area contributed by atoms with E-state index in [1.54, 1.807) is 6.07 Å². The monoisotopic (exact) mass is 238 g/mol. The lowest BCUT2D eigenvalue weighted by Gasteiger charge is -2.23. The summed E-state index contributed by atoms with van der Waals surface area (Å²) >= 11 is 0. The highest BCUT2D eigenvalue weighted by molar-refractivity contribution is 5.29. The number of nitrogens with one attached hydrogen (secondary N) is 2. The third-order valence-electron chi connectivity index (χ3n) is 3.15. The summed E-state index contributed by atoms with van der Waals surface area (Å²) in [6.07, 6.45) is 2.28. The van der Waals surface area contributed by atoms with Gasteiger partial charge in [-0.2, -0.15) is 0 Å². The van der Waals surface area contributed by atoms with Gasteiger partial charge in [0.15, 0.2) is 11.6 Å². The van der Waals surface area contributed by atoms with Crippen LogP contribution in [0, 0.1) is 5.82 Å². The number of methoxy groups -OCH3 is 1. The number of piperidine rings is 1. The van der Waals surface area contributed by atoms with Gasteiger partial charge in [-0.25, -0.2) is 4.39 Å². The van der Waals surface area contributed by atoms with Crippen molar-refractivity contribution in [2.45, 2.75) is 25.4 Å². The number of hydrogen-bond acceptors (Lipinski definition) is 3. The summed E-state index contributed by atoms with van der Waals surface area (Å²) in [6, 6.07) is 5.65. The molecule has 4 heteroatoms. The maximum Gasteiger partial charge on any atom is 0.165 e. The molecule has 94 valence electrons. The van der Waals surface area contributed by atoms with Gasteiger partial charge in [0.05, 0.1) is 7.11 Å². The van der Waals surface area contributed by atoms with Gasteiger partial charge >= 0.3 is 0 Å². The van der Waals surface area contributed by atoms with Crippen LogP contribution in [0.15, 0.2) is 18.2 Å². The number of rotatable bonds is 4. The van der Waals surface area contributed by atoms with Crippen LogP contribution in [-0.2, 0) is 6.54 Å². The number of ether oxygens (including phenoxy) is 1. The largest absolute Gasteiger partial charge is 0.494 e. The van der Waals surface area contributed by atoms with Gasteiger partial charge in [-0.05, 0) is 43.6 Å². The van der Waals surface area contributed by atoms with Gasteiger partial charge in [0.25, 0.3) is 0 Å². The van der Waals surface area contributed by atoms with Crippen LogP contribution in [0.5, 0.6) is 5.75 Å². The van der Waals surface area contributed by atoms with E-state index >= 15 is 0 Å². The highest BCUT2D eigenvalue weighted by atomic mass is 19.1. The van der Waals surface area contributed by atoms with Crippen LogP contribution in [0.2, 0.25) is 0 Å². The van der Waals surface area contributed by atoms with Crippen LogP contribution in [0.3, 0.4) is 0 Å². The molecule has 0 aliphatic carbocycles. The van der Waals surface area contributed by atoms with E-state index in [-0.39, 0.29) is 5.82 Å². The second-order valence-electron chi connectivity index (χ2n) is 4.37. The first-order valence-electron chi connectivity index (χ1n) is 6.06. The fraction of sp³-hybridized carbons (Fsp3) is 0.538. The SMILES string of the molecule is COc1ccc(CNC2CCNCC2)cc1F. The summed E-state index contributed by atoms with van der Waals surface area (Å²) in [5.74, 6) is 0.00715. The zero-order valence-electron chi connectivity index (χ0n) is 10.1. The molecular formula is C13H19FN2O. The summed E-state index contributed by atoms with van der Waals surface area (Å²) in [4.78, 5) is 0. The van der Waals surface area contributed by atoms with Crippen molar-refractivity contribution in [3.63, 3.8) is 0 Å². The molecule has 2 N–H and O–H groups in total. The molecule has 1 aliphatic rings. The lowest BCUT2D eigenvalue weighted by atomic mass is 10.1. The van der Waals surface area contributed by atoms with Crippen LogP contribution >= 0.6 is 0 Å². The molecule has 1 aliphatic heterocycles. The molecular weight excluding hydrogens is 219 g/mol. The zero-order valence-corrected chi connectivity index (χ0v) is 10.1. The lowest BCUT2D eigenvalue weighted by molar-refractivity contribution is 0.380. The molecule has 1 saturated heterocycles. The van der Waals surface area contributed by atoms with E-state index in [4.69, 9.17) is 4.74 Å². The molecule has 0 aromatic heterocycles. The van der Waals surface area contributed by atoms with Crippen LogP contribution in [0.25, 0.3) is 0 Å². The summed E-state index contributed by atoms with van der Waals surface area (Å²) in [5, 5.41) is 6.78. The van der Waals surface area contributed by atoms with E-state index in [9.17, 15) is 4.39 Å². The topological polar surface area (TPSA) is 33.3 Å². The van der Waals surface area contributed by atoms with E-state index in [0.717, 1.165) is 31.5 Å². The van der Waals surface area contributed by atoms with Crippen LogP contribution in [0.4, 0.5) is 4.39 Å².